The average Bonchev–Trinajstić information content (AvgIpc) is 2.70. The van der Waals surface area contributed by atoms with Gasteiger partial charge < -0.3 is 10.2 Å². The van der Waals surface area contributed by atoms with Crippen LogP contribution < -0.4 is 10.2 Å². The largest absolute Gasteiger partial charge is 0.326 e. The maximum Gasteiger partial charge on any atom is 0.279 e. The fraction of sp³-hybridized carbons (Fsp3) is 0.130. The summed E-state index contributed by atoms with van der Waals surface area (Å²) in [6.07, 6.45) is 0. The molecule has 0 saturated carbocycles. The Bertz CT molecular complexity index is 973. The maximum absolute atomic E-state index is 12.8. The summed E-state index contributed by atoms with van der Waals surface area (Å²) in [5.41, 5.74) is 2.77. The fourth-order valence-electron chi connectivity index (χ4n) is 3.03. The van der Waals surface area contributed by atoms with Crippen LogP contribution in [0.2, 0.25) is 0 Å². The van der Waals surface area contributed by atoms with Crippen molar-refractivity contribution in [3.8, 4) is 0 Å². The summed E-state index contributed by atoms with van der Waals surface area (Å²) in [5.74, 6) is -0.233. The van der Waals surface area contributed by atoms with Crippen LogP contribution >= 0.6 is 15.9 Å². The van der Waals surface area contributed by atoms with Crippen molar-refractivity contribution < 1.29 is 14.5 Å². The van der Waals surface area contributed by atoms with E-state index in [1.54, 1.807) is 30.3 Å². The Morgan fingerprint density at radius 2 is 1.54 bits per heavy atom. The lowest BCUT2D eigenvalue weighted by Crippen LogP contribution is -3.08. The standard InChI is InChI=1S/C23H21BrN2O2/c1-26(15-18-11-5-7-13-20(18)24)16-22(27)25-21-14-8-6-12-19(21)23(28)17-9-3-2-4-10-17/h2-14H,15-16H2,1H3,(H,25,27)/p+1. The molecule has 3 aromatic rings. The van der Waals surface area contributed by atoms with Crippen molar-refractivity contribution >= 4 is 33.3 Å². The lowest BCUT2D eigenvalue weighted by Gasteiger charge is -2.16. The van der Waals surface area contributed by atoms with Gasteiger partial charge in [0.1, 0.15) is 6.54 Å². The molecule has 1 unspecified atom stereocenters. The van der Waals surface area contributed by atoms with Crippen molar-refractivity contribution in [3.05, 3.63) is 100 Å². The smallest absolute Gasteiger partial charge is 0.279 e. The molecule has 0 spiro atoms. The number of benzene rings is 3. The van der Waals surface area contributed by atoms with Gasteiger partial charge in [-0.1, -0.05) is 76.6 Å². The van der Waals surface area contributed by atoms with E-state index in [0.29, 0.717) is 23.4 Å². The van der Waals surface area contributed by atoms with Crippen LogP contribution in [0.25, 0.3) is 0 Å². The van der Waals surface area contributed by atoms with Gasteiger partial charge in [0.2, 0.25) is 0 Å². The number of para-hydroxylation sites is 1. The van der Waals surface area contributed by atoms with E-state index in [9.17, 15) is 9.59 Å². The topological polar surface area (TPSA) is 50.6 Å². The summed E-state index contributed by atoms with van der Waals surface area (Å²) in [6, 6.07) is 24.2. The van der Waals surface area contributed by atoms with Crippen LogP contribution in [0.15, 0.2) is 83.3 Å². The lowest BCUT2D eigenvalue weighted by molar-refractivity contribution is -0.885. The summed E-state index contributed by atoms with van der Waals surface area (Å²) in [6.45, 7) is 1.02. The second-order valence-corrected chi connectivity index (χ2v) is 7.55. The number of ketones is 1. The number of halogens is 1. The van der Waals surface area contributed by atoms with E-state index < -0.39 is 0 Å². The Morgan fingerprint density at radius 3 is 2.29 bits per heavy atom. The molecule has 0 aliphatic heterocycles. The summed E-state index contributed by atoms with van der Waals surface area (Å²) in [7, 11) is 1.97. The van der Waals surface area contributed by atoms with Crippen LogP contribution in [0.3, 0.4) is 0 Å². The van der Waals surface area contributed by atoms with Gasteiger partial charge in [-0.15, -0.1) is 0 Å². The third-order valence-corrected chi connectivity index (χ3v) is 5.17. The molecule has 0 fully saturated rings. The van der Waals surface area contributed by atoms with Gasteiger partial charge >= 0.3 is 0 Å². The van der Waals surface area contributed by atoms with Gasteiger partial charge in [0.05, 0.1) is 12.7 Å². The molecular weight excluding hydrogens is 416 g/mol. The summed E-state index contributed by atoms with van der Waals surface area (Å²) in [5, 5.41) is 2.90. The second kappa shape index (κ2) is 9.44. The zero-order valence-electron chi connectivity index (χ0n) is 15.6. The minimum atomic E-state index is -0.127. The third-order valence-electron chi connectivity index (χ3n) is 4.39. The Balaban J connectivity index is 1.68. The lowest BCUT2D eigenvalue weighted by atomic mass is 10.0. The first kappa shape index (κ1) is 20.0. The molecule has 0 radical (unpaired) electrons. The molecule has 0 aromatic heterocycles. The molecule has 5 heteroatoms. The van der Waals surface area contributed by atoms with Crippen molar-refractivity contribution in [2.75, 3.05) is 18.9 Å². The van der Waals surface area contributed by atoms with Gasteiger partial charge in [0, 0.05) is 21.2 Å². The first-order valence-corrected chi connectivity index (χ1v) is 9.87. The first-order valence-electron chi connectivity index (χ1n) is 9.08. The molecule has 4 nitrogen and oxygen atoms in total. The van der Waals surface area contributed by atoms with E-state index in [0.717, 1.165) is 21.5 Å². The van der Waals surface area contributed by atoms with E-state index in [4.69, 9.17) is 0 Å². The van der Waals surface area contributed by atoms with E-state index in [1.165, 1.54) is 0 Å². The SMILES string of the molecule is C[NH+](CC(=O)Nc1ccccc1C(=O)c1ccccc1)Cc1ccccc1Br. The monoisotopic (exact) mass is 437 g/mol. The zero-order valence-corrected chi connectivity index (χ0v) is 17.2. The zero-order chi connectivity index (χ0) is 19.9. The van der Waals surface area contributed by atoms with E-state index >= 15 is 0 Å². The summed E-state index contributed by atoms with van der Waals surface area (Å²) >= 11 is 3.54. The van der Waals surface area contributed by atoms with Crippen LogP contribution in [0.4, 0.5) is 5.69 Å². The molecule has 2 N–H and O–H groups in total. The molecule has 3 aromatic carbocycles. The number of hydrogen-bond acceptors (Lipinski definition) is 2. The second-order valence-electron chi connectivity index (χ2n) is 6.69. The van der Waals surface area contributed by atoms with Crippen molar-refractivity contribution in [1.82, 2.24) is 0 Å². The highest BCUT2D eigenvalue weighted by atomic mass is 79.9. The molecule has 3 rings (SSSR count). The molecule has 0 bridgehead atoms. The highest BCUT2D eigenvalue weighted by Gasteiger charge is 2.17. The number of likely N-dealkylation sites (N-methyl/N-ethyl adjacent to an activating group) is 1. The van der Waals surface area contributed by atoms with Gasteiger partial charge in [0.25, 0.3) is 5.91 Å². The van der Waals surface area contributed by atoms with Gasteiger partial charge in [-0.2, -0.15) is 0 Å². The van der Waals surface area contributed by atoms with Gasteiger partial charge in [-0.25, -0.2) is 0 Å². The molecule has 28 heavy (non-hydrogen) atoms. The first-order chi connectivity index (χ1) is 13.5. The average molecular weight is 438 g/mol. The van der Waals surface area contributed by atoms with Crippen LogP contribution in [-0.2, 0) is 11.3 Å². The van der Waals surface area contributed by atoms with Crippen LogP contribution in [0.1, 0.15) is 21.5 Å². The van der Waals surface area contributed by atoms with Crippen molar-refractivity contribution in [2.45, 2.75) is 6.54 Å². The third kappa shape index (κ3) is 5.15. The summed E-state index contributed by atoms with van der Waals surface area (Å²) < 4.78 is 1.04. The number of rotatable bonds is 7. The number of nitrogens with one attached hydrogen (secondary N) is 2. The number of carbonyl (C=O) groups excluding carboxylic acids is 2. The molecule has 0 saturated heterocycles. The van der Waals surface area contributed by atoms with E-state index in [2.05, 4.69) is 21.2 Å². The molecule has 0 aliphatic rings. The Kier molecular flexibility index (Phi) is 6.74. The van der Waals surface area contributed by atoms with Gasteiger partial charge in [-0.3, -0.25) is 9.59 Å². The van der Waals surface area contributed by atoms with Crippen LogP contribution in [-0.4, -0.2) is 25.3 Å². The number of quaternary nitrogens is 1. The Morgan fingerprint density at radius 1 is 0.893 bits per heavy atom. The highest BCUT2D eigenvalue weighted by Crippen LogP contribution is 2.19. The Labute approximate surface area is 173 Å². The number of hydrogen-bond donors (Lipinski definition) is 2. The maximum atomic E-state index is 12.8. The molecular formula is C23H22BrN2O2+. The quantitative estimate of drug-likeness (QED) is 0.556. The van der Waals surface area contributed by atoms with Gasteiger partial charge in [0.15, 0.2) is 12.3 Å². The van der Waals surface area contributed by atoms with Crippen LogP contribution in [0, 0.1) is 0 Å². The molecule has 1 amide bonds. The van der Waals surface area contributed by atoms with Crippen molar-refractivity contribution in [3.63, 3.8) is 0 Å². The molecule has 0 heterocycles. The van der Waals surface area contributed by atoms with E-state index in [-0.39, 0.29) is 11.7 Å². The highest BCUT2D eigenvalue weighted by molar-refractivity contribution is 9.10. The predicted molar refractivity (Wildman–Crippen MR) is 115 cm³/mol. The molecule has 1 atom stereocenters. The minimum Gasteiger partial charge on any atom is -0.326 e. The van der Waals surface area contributed by atoms with Crippen LogP contribution in [0.5, 0.6) is 0 Å². The summed E-state index contributed by atoms with van der Waals surface area (Å²) in [4.78, 5) is 26.4. The van der Waals surface area contributed by atoms with Gasteiger partial charge in [-0.05, 0) is 18.2 Å². The molecule has 0 aliphatic carbocycles. The van der Waals surface area contributed by atoms with E-state index in [1.807, 2.05) is 55.6 Å². The number of anilines is 1. The fourth-order valence-corrected chi connectivity index (χ4v) is 3.46. The normalized spacial score (nSPS) is 11.6. The predicted octanol–water partition coefficient (Wildman–Crippen LogP) is 3.33. The molecule has 142 valence electrons. The Hall–Kier alpha value is -2.76. The van der Waals surface area contributed by atoms with Crippen molar-refractivity contribution in [1.29, 1.82) is 0 Å². The number of amides is 1. The van der Waals surface area contributed by atoms with Crippen molar-refractivity contribution in [2.24, 2.45) is 0 Å². The number of carbonyl (C=O) groups is 2. The minimum absolute atomic E-state index is 0.106.